The maximum atomic E-state index is 5.85. The van der Waals surface area contributed by atoms with E-state index in [9.17, 15) is 0 Å². The van der Waals surface area contributed by atoms with Crippen LogP contribution in [0.25, 0.3) is 11.1 Å². The Balaban J connectivity index is 2.06. The second-order valence-electron chi connectivity index (χ2n) is 4.05. The van der Waals surface area contributed by atoms with Gasteiger partial charge in [0.15, 0.2) is 11.1 Å². The number of methoxy groups -OCH3 is 1. The molecule has 0 amide bonds. The van der Waals surface area contributed by atoms with Crippen LogP contribution in [-0.4, -0.2) is 17.1 Å². The number of oxazole rings is 1. The first-order chi connectivity index (χ1) is 9.78. The highest BCUT2D eigenvalue weighted by Crippen LogP contribution is 2.29. The van der Waals surface area contributed by atoms with E-state index >= 15 is 0 Å². The zero-order valence-electron chi connectivity index (χ0n) is 10.8. The fourth-order valence-electron chi connectivity index (χ4n) is 1.78. The van der Waals surface area contributed by atoms with Crippen LogP contribution in [0.15, 0.2) is 41.1 Å². The largest absolute Gasteiger partial charge is 0.494 e. The molecule has 0 saturated heterocycles. The highest BCUT2D eigenvalue weighted by Gasteiger charge is 2.12. The van der Waals surface area contributed by atoms with Crippen LogP contribution in [0.5, 0.6) is 5.75 Å². The number of nitrogens with zero attached hydrogens (tertiary/aromatic N) is 2. The molecule has 0 unspecified atom stereocenters. The molecule has 98 valence electrons. The highest BCUT2D eigenvalue weighted by molar-refractivity contribution is 5.90. The van der Waals surface area contributed by atoms with Gasteiger partial charge in [-0.3, -0.25) is 4.98 Å². The van der Waals surface area contributed by atoms with Crippen LogP contribution in [0.2, 0.25) is 0 Å². The number of hydrogen-bond donors (Lipinski definition) is 1. The van der Waals surface area contributed by atoms with E-state index in [1.807, 2.05) is 12.1 Å². The Hall–Kier alpha value is -3.00. The summed E-state index contributed by atoms with van der Waals surface area (Å²) in [5, 5.41) is 0. The Bertz CT molecular complexity index is 813. The lowest BCUT2D eigenvalue weighted by molar-refractivity contribution is 0.419. The third kappa shape index (κ3) is 2.15. The molecule has 20 heavy (non-hydrogen) atoms. The minimum atomic E-state index is 0.292. The van der Waals surface area contributed by atoms with Crippen molar-refractivity contribution in [2.75, 3.05) is 12.8 Å². The number of anilines is 1. The third-order valence-electron chi connectivity index (χ3n) is 2.73. The molecule has 2 heterocycles. The SMILES string of the molecule is COc1ccc(N)c2oc(C#Cc3cccnc3)nc12. The number of ether oxygens (including phenoxy) is 1. The van der Waals surface area contributed by atoms with Gasteiger partial charge in [-0.15, -0.1) is 0 Å². The number of benzene rings is 1. The summed E-state index contributed by atoms with van der Waals surface area (Å²) in [7, 11) is 1.57. The van der Waals surface area contributed by atoms with Crippen molar-refractivity contribution in [3.05, 3.63) is 48.1 Å². The molecule has 0 fully saturated rings. The Kier molecular flexibility index (Phi) is 2.98. The van der Waals surface area contributed by atoms with Crippen LogP contribution in [0.3, 0.4) is 0 Å². The lowest BCUT2D eigenvalue weighted by Gasteiger charge is -1.99. The van der Waals surface area contributed by atoms with E-state index < -0.39 is 0 Å². The molecular formula is C15H11N3O2. The first kappa shape index (κ1) is 12.1. The first-order valence-corrected chi connectivity index (χ1v) is 5.93. The monoisotopic (exact) mass is 265 g/mol. The molecule has 2 aromatic heterocycles. The van der Waals surface area contributed by atoms with Crippen molar-refractivity contribution in [1.82, 2.24) is 9.97 Å². The van der Waals surface area contributed by atoms with E-state index in [1.165, 1.54) is 0 Å². The van der Waals surface area contributed by atoms with Crippen molar-refractivity contribution < 1.29 is 9.15 Å². The molecule has 0 aliphatic heterocycles. The quantitative estimate of drug-likeness (QED) is 0.539. The Labute approximate surface area is 115 Å². The number of hydrogen-bond acceptors (Lipinski definition) is 5. The van der Waals surface area contributed by atoms with E-state index in [0.29, 0.717) is 28.4 Å². The van der Waals surface area contributed by atoms with Gasteiger partial charge in [-0.25, -0.2) is 0 Å². The van der Waals surface area contributed by atoms with Crippen molar-refractivity contribution in [3.63, 3.8) is 0 Å². The number of pyridine rings is 1. The molecule has 0 spiro atoms. The second kappa shape index (κ2) is 4.94. The second-order valence-corrected chi connectivity index (χ2v) is 4.05. The zero-order valence-corrected chi connectivity index (χ0v) is 10.8. The number of nitrogen functional groups attached to an aromatic ring is 1. The van der Waals surface area contributed by atoms with Gasteiger partial charge in [0.1, 0.15) is 5.75 Å². The summed E-state index contributed by atoms with van der Waals surface area (Å²) >= 11 is 0. The van der Waals surface area contributed by atoms with Crippen LogP contribution in [-0.2, 0) is 0 Å². The highest BCUT2D eigenvalue weighted by atomic mass is 16.5. The topological polar surface area (TPSA) is 74.2 Å². The average molecular weight is 265 g/mol. The Morgan fingerprint density at radius 3 is 2.90 bits per heavy atom. The van der Waals surface area contributed by atoms with Crippen molar-refractivity contribution in [3.8, 4) is 17.6 Å². The van der Waals surface area contributed by atoms with Crippen LogP contribution >= 0.6 is 0 Å². The molecular weight excluding hydrogens is 254 g/mol. The number of fused-ring (bicyclic) bond motifs is 1. The first-order valence-electron chi connectivity index (χ1n) is 5.93. The molecule has 3 aromatic rings. The summed E-state index contributed by atoms with van der Waals surface area (Å²) in [5.41, 5.74) is 8.20. The lowest BCUT2D eigenvalue weighted by atomic mass is 10.2. The standard InChI is InChI=1S/C15H11N3O2/c1-19-12-6-5-11(16)15-14(12)18-13(20-15)7-4-10-3-2-8-17-9-10/h2-3,5-6,8-9H,16H2,1H3. The van der Waals surface area contributed by atoms with Gasteiger partial charge in [0.05, 0.1) is 12.8 Å². The number of aromatic nitrogens is 2. The fraction of sp³-hybridized carbons (Fsp3) is 0.0667. The number of nitrogens with two attached hydrogens (primary N) is 1. The van der Waals surface area contributed by atoms with E-state index in [0.717, 1.165) is 5.56 Å². The van der Waals surface area contributed by atoms with Gasteiger partial charge in [-0.05, 0) is 30.2 Å². The summed E-state index contributed by atoms with van der Waals surface area (Å²) in [6.45, 7) is 0. The van der Waals surface area contributed by atoms with Gasteiger partial charge in [0, 0.05) is 18.0 Å². The van der Waals surface area contributed by atoms with Gasteiger partial charge in [0.2, 0.25) is 0 Å². The maximum Gasteiger partial charge on any atom is 0.274 e. The van der Waals surface area contributed by atoms with Crippen molar-refractivity contribution in [1.29, 1.82) is 0 Å². The summed E-state index contributed by atoms with van der Waals surface area (Å²) in [6.07, 6.45) is 3.36. The predicted octanol–water partition coefficient (Wildman–Crippen LogP) is 2.21. The van der Waals surface area contributed by atoms with Crippen molar-refractivity contribution in [2.45, 2.75) is 0 Å². The maximum absolute atomic E-state index is 5.85. The van der Waals surface area contributed by atoms with Gasteiger partial charge >= 0.3 is 0 Å². The fourth-order valence-corrected chi connectivity index (χ4v) is 1.78. The van der Waals surface area contributed by atoms with E-state index in [-0.39, 0.29) is 0 Å². The molecule has 0 atom stereocenters. The molecule has 5 nitrogen and oxygen atoms in total. The summed E-state index contributed by atoms with van der Waals surface area (Å²) in [5.74, 6) is 6.67. The average Bonchev–Trinajstić information content (AvgIpc) is 2.92. The van der Waals surface area contributed by atoms with E-state index in [1.54, 1.807) is 31.6 Å². The van der Waals surface area contributed by atoms with Gasteiger partial charge in [0.25, 0.3) is 5.89 Å². The van der Waals surface area contributed by atoms with Crippen molar-refractivity contribution >= 4 is 16.8 Å². The molecule has 0 aliphatic rings. The normalized spacial score (nSPS) is 10.1. The molecule has 0 saturated carbocycles. The molecule has 0 aliphatic carbocycles. The summed E-state index contributed by atoms with van der Waals surface area (Å²) in [6, 6.07) is 7.14. The smallest absolute Gasteiger partial charge is 0.274 e. The molecule has 3 rings (SSSR count). The minimum Gasteiger partial charge on any atom is -0.494 e. The molecule has 1 aromatic carbocycles. The van der Waals surface area contributed by atoms with Crippen molar-refractivity contribution in [2.24, 2.45) is 0 Å². The Morgan fingerprint density at radius 2 is 2.15 bits per heavy atom. The minimum absolute atomic E-state index is 0.292. The molecule has 2 N–H and O–H groups in total. The molecule has 5 heteroatoms. The Morgan fingerprint density at radius 1 is 1.25 bits per heavy atom. The molecule has 0 radical (unpaired) electrons. The van der Waals surface area contributed by atoms with Gasteiger partial charge in [-0.1, -0.05) is 5.92 Å². The van der Waals surface area contributed by atoms with Crippen LogP contribution in [0, 0.1) is 11.8 Å². The van der Waals surface area contributed by atoms with Gasteiger partial charge < -0.3 is 14.9 Å². The van der Waals surface area contributed by atoms with E-state index in [4.69, 9.17) is 14.9 Å². The summed E-state index contributed by atoms with van der Waals surface area (Å²) in [4.78, 5) is 8.28. The lowest BCUT2D eigenvalue weighted by Crippen LogP contribution is -1.88. The van der Waals surface area contributed by atoms with Gasteiger partial charge in [-0.2, -0.15) is 4.98 Å². The van der Waals surface area contributed by atoms with Crippen LogP contribution < -0.4 is 10.5 Å². The summed E-state index contributed by atoms with van der Waals surface area (Å²) < 4.78 is 10.8. The third-order valence-corrected chi connectivity index (χ3v) is 2.73. The van der Waals surface area contributed by atoms with Crippen LogP contribution in [0.1, 0.15) is 11.5 Å². The van der Waals surface area contributed by atoms with Crippen LogP contribution in [0.4, 0.5) is 5.69 Å². The number of rotatable bonds is 1. The molecule has 0 bridgehead atoms. The zero-order chi connectivity index (χ0) is 13.9. The van der Waals surface area contributed by atoms with E-state index in [2.05, 4.69) is 21.8 Å². The predicted molar refractivity (Wildman–Crippen MR) is 75.2 cm³/mol.